The third kappa shape index (κ3) is 5.81. The van der Waals surface area contributed by atoms with E-state index in [-0.39, 0.29) is 12.5 Å². The third-order valence-electron chi connectivity index (χ3n) is 4.75. The second-order valence-corrected chi connectivity index (χ2v) is 8.36. The zero-order valence-electron chi connectivity index (χ0n) is 17.8. The zero-order valence-corrected chi connectivity index (χ0v) is 18.6. The van der Waals surface area contributed by atoms with E-state index in [0.29, 0.717) is 11.3 Å². The number of carbonyl (C=O) groups excluding carboxylic acids is 3. The molecule has 2 amide bonds. The van der Waals surface area contributed by atoms with Crippen molar-refractivity contribution >= 4 is 45.0 Å². The van der Waals surface area contributed by atoms with Crippen LogP contribution in [0, 0.1) is 6.92 Å². The van der Waals surface area contributed by atoms with Crippen molar-refractivity contribution in [3.63, 3.8) is 0 Å². The summed E-state index contributed by atoms with van der Waals surface area (Å²) in [5.74, 6) is -1.56. The molecule has 1 aromatic heterocycles. The number of carbonyl (C=O) groups is 3. The summed E-state index contributed by atoms with van der Waals surface area (Å²) in [4.78, 5) is 40.5. The first-order chi connectivity index (χ1) is 16.0. The number of ether oxygens (including phenoxy) is 1. The number of hydrogen-bond acceptors (Lipinski definition) is 6. The van der Waals surface area contributed by atoms with Crippen LogP contribution in [-0.4, -0.2) is 35.9 Å². The summed E-state index contributed by atoms with van der Waals surface area (Å²) in [6.45, 7) is 1.28. The number of nitrogens with zero attached hydrogens (tertiary/aromatic N) is 1. The minimum atomic E-state index is -0.698. The van der Waals surface area contributed by atoms with E-state index in [0.717, 1.165) is 20.8 Å². The van der Waals surface area contributed by atoms with E-state index in [9.17, 15) is 14.4 Å². The predicted molar refractivity (Wildman–Crippen MR) is 128 cm³/mol. The van der Waals surface area contributed by atoms with Crippen molar-refractivity contribution in [2.24, 2.45) is 0 Å². The topological polar surface area (TPSA) is 97.4 Å². The maximum atomic E-state index is 12.1. The van der Waals surface area contributed by atoms with Crippen LogP contribution in [0.2, 0.25) is 0 Å². The van der Waals surface area contributed by atoms with Gasteiger partial charge in [0.1, 0.15) is 11.6 Å². The molecule has 0 radical (unpaired) electrons. The third-order valence-corrected chi connectivity index (χ3v) is 5.82. The fourth-order valence-electron chi connectivity index (χ4n) is 3.09. The Labute approximate surface area is 194 Å². The van der Waals surface area contributed by atoms with Crippen molar-refractivity contribution in [1.29, 1.82) is 0 Å². The number of hydrogen-bond donors (Lipinski definition) is 2. The van der Waals surface area contributed by atoms with Gasteiger partial charge in [0.2, 0.25) is 0 Å². The van der Waals surface area contributed by atoms with Crippen LogP contribution in [0.15, 0.2) is 72.8 Å². The molecule has 0 unspecified atom stereocenters. The Morgan fingerprint density at radius 2 is 1.73 bits per heavy atom. The van der Waals surface area contributed by atoms with E-state index in [4.69, 9.17) is 4.74 Å². The Morgan fingerprint density at radius 1 is 0.970 bits per heavy atom. The number of amides is 2. The Kier molecular flexibility index (Phi) is 6.75. The summed E-state index contributed by atoms with van der Waals surface area (Å²) < 4.78 is 6.05. The van der Waals surface area contributed by atoms with Gasteiger partial charge in [-0.2, -0.15) is 0 Å². The maximum Gasteiger partial charge on any atom is 0.325 e. The summed E-state index contributed by atoms with van der Waals surface area (Å²) in [5.41, 5.74) is 4.11. The SMILES string of the molecule is Cc1ccc2nc(-c3ccc(NC(=O)COC(=O)CNC(=O)c4ccccc4)cc3)sc2c1. The standard InChI is InChI=1S/C25H21N3O4S/c1-16-7-12-20-21(13-16)33-25(28-20)18-8-10-19(11-9-18)27-22(29)15-32-23(30)14-26-24(31)17-5-3-2-4-6-17/h2-13H,14-15H2,1H3,(H,26,31)(H,27,29). The number of nitrogens with one attached hydrogen (secondary N) is 2. The average molecular weight is 460 g/mol. The summed E-state index contributed by atoms with van der Waals surface area (Å²) in [6.07, 6.45) is 0. The number of fused-ring (bicyclic) bond motifs is 1. The van der Waals surface area contributed by atoms with Gasteiger partial charge in [-0.05, 0) is 61.0 Å². The van der Waals surface area contributed by atoms with Gasteiger partial charge in [-0.15, -0.1) is 11.3 Å². The molecule has 0 aliphatic carbocycles. The molecule has 0 saturated heterocycles. The summed E-state index contributed by atoms with van der Waals surface area (Å²) in [5, 5.41) is 6.04. The predicted octanol–water partition coefficient (Wildman–Crippen LogP) is 4.18. The van der Waals surface area contributed by atoms with Gasteiger partial charge in [0, 0.05) is 16.8 Å². The van der Waals surface area contributed by atoms with Gasteiger partial charge < -0.3 is 15.4 Å². The molecule has 1 heterocycles. The van der Waals surface area contributed by atoms with Crippen molar-refractivity contribution in [1.82, 2.24) is 10.3 Å². The van der Waals surface area contributed by atoms with E-state index in [1.807, 2.05) is 31.2 Å². The number of rotatable bonds is 7. The molecule has 7 nitrogen and oxygen atoms in total. The molecule has 4 rings (SSSR count). The Morgan fingerprint density at radius 3 is 2.48 bits per heavy atom. The first-order valence-corrected chi connectivity index (χ1v) is 11.1. The van der Waals surface area contributed by atoms with Crippen LogP contribution in [0.5, 0.6) is 0 Å². The van der Waals surface area contributed by atoms with Crippen LogP contribution in [0.1, 0.15) is 15.9 Å². The van der Waals surface area contributed by atoms with Gasteiger partial charge in [0.15, 0.2) is 6.61 Å². The molecule has 0 fully saturated rings. The minimum Gasteiger partial charge on any atom is -0.454 e. The lowest BCUT2D eigenvalue weighted by Crippen LogP contribution is -2.32. The molecule has 0 saturated carbocycles. The number of thiazole rings is 1. The molecule has 0 aliphatic rings. The van der Waals surface area contributed by atoms with Gasteiger partial charge in [-0.3, -0.25) is 14.4 Å². The van der Waals surface area contributed by atoms with Crippen molar-refractivity contribution in [2.45, 2.75) is 6.92 Å². The molecule has 4 aromatic rings. The molecule has 0 atom stereocenters. The molecule has 0 bridgehead atoms. The highest BCUT2D eigenvalue weighted by Crippen LogP contribution is 2.31. The molecular weight excluding hydrogens is 438 g/mol. The fourth-order valence-corrected chi connectivity index (χ4v) is 4.16. The van der Waals surface area contributed by atoms with Crippen molar-refractivity contribution in [3.05, 3.63) is 83.9 Å². The Bertz CT molecular complexity index is 1300. The average Bonchev–Trinajstić information content (AvgIpc) is 3.25. The largest absolute Gasteiger partial charge is 0.454 e. The van der Waals surface area contributed by atoms with E-state index in [1.54, 1.807) is 53.8 Å². The molecule has 33 heavy (non-hydrogen) atoms. The van der Waals surface area contributed by atoms with Crippen molar-refractivity contribution < 1.29 is 19.1 Å². The van der Waals surface area contributed by atoms with E-state index in [2.05, 4.69) is 21.7 Å². The van der Waals surface area contributed by atoms with Gasteiger partial charge in [0.05, 0.1) is 10.2 Å². The van der Waals surface area contributed by atoms with Crippen LogP contribution in [0.3, 0.4) is 0 Å². The van der Waals surface area contributed by atoms with Gasteiger partial charge >= 0.3 is 5.97 Å². The van der Waals surface area contributed by atoms with E-state index >= 15 is 0 Å². The van der Waals surface area contributed by atoms with Crippen LogP contribution in [0.4, 0.5) is 5.69 Å². The Hall–Kier alpha value is -4.04. The summed E-state index contributed by atoms with van der Waals surface area (Å²) in [7, 11) is 0. The van der Waals surface area contributed by atoms with Gasteiger partial charge in [-0.25, -0.2) is 4.98 Å². The molecule has 3 aromatic carbocycles. The summed E-state index contributed by atoms with van der Waals surface area (Å²) >= 11 is 1.61. The lowest BCUT2D eigenvalue weighted by Gasteiger charge is -2.08. The van der Waals surface area contributed by atoms with Crippen LogP contribution < -0.4 is 10.6 Å². The molecule has 0 aliphatic heterocycles. The van der Waals surface area contributed by atoms with E-state index in [1.165, 1.54) is 5.56 Å². The Balaban J connectivity index is 1.25. The number of anilines is 1. The second kappa shape index (κ2) is 10.1. The normalized spacial score (nSPS) is 10.6. The maximum absolute atomic E-state index is 12.1. The van der Waals surface area contributed by atoms with E-state index < -0.39 is 18.5 Å². The second-order valence-electron chi connectivity index (χ2n) is 7.33. The monoisotopic (exact) mass is 459 g/mol. The number of benzene rings is 3. The summed E-state index contributed by atoms with van der Waals surface area (Å²) in [6, 6.07) is 22.0. The molecule has 166 valence electrons. The molecule has 0 spiro atoms. The van der Waals surface area contributed by atoms with Crippen LogP contribution >= 0.6 is 11.3 Å². The highest BCUT2D eigenvalue weighted by molar-refractivity contribution is 7.21. The smallest absolute Gasteiger partial charge is 0.325 e. The van der Waals surface area contributed by atoms with Crippen molar-refractivity contribution in [2.75, 3.05) is 18.5 Å². The van der Waals surface area contributed by atoms with Gasteiger partial charge in [0.25, 0.3) is 11.8 Å². The van der Waals surface area contributed by atoms with Crippen LogP contribution in [0.25, 0.3) is 20.8 Å². The highest BCUT2D eigenvalue weighted by atomic mass is 32.1. The quantitative estimate of drug-likeness (QED) is 0.404. The first-order valence-electron chi connectivity index (χ1n) is 10.2. The number of aryl methyl sites for hydroxylation is 1. The van der Waals surface area contributed by atoms with Crippen LogP contribution in [-0.2, 0) is 14.3 Å². The van der Waals surface area contributed by atoms with Gasteiger partial charge in [-0.1, -0.05) is 24.3 Å². The highest BCUT2D eigenvalue weighted by Gasteiger charge is 2.11. The fraction of sp³-hybridized carbons (Fsp3) is 0.120. The number of esters is 1. The lowest BCUT2D eigenvalue weighted by molar-refractivity contribution is -0.146. The zero-order chi connectivity index (χ0) is 23.2. The molecule has 8 heteroatoms. The lowest BCUT2D eigenvalue weighted by atomic mass is 10.2. The first kappa shape index (κ1) is 22.2. The molecular formula is C25H21N3O4S. The van der Waals surface area contributed by atoms with Crippen molar-refractivity contribution in [3.8, 4) is 10.6 Å². The molecule has 2 N–H and O–H groups in total. The minimum absolute atomic E-state index is 0.322. The number of aromatic nitrogens is 1.